The van der Waals surface area contributed by atoms with Gasteiger partial charge in [-0.05, 0) is 31.5 Å². The zero-order valence-corrected chi connectivity index (χ0v) is 15.3. The molecule has 0 saturated heterocycles. The number of likely N-dealkylation sites (N-methyl/N-ethyl adjacent to an activating group) is 1. The molecule has 2 rings (SSSR count). The van der Waals surface area contributed by atoms with E-state index in [1.165, 1.54) is 12.8 Å². The molecule has 0 spiro atoms. The van der Waals surface area contributed by atoms with E-state index in [2.05, 4.69) is 27.4 Å². The van der Waals surface area contributed by atoms with Crippen molar-refractivity contribution in [2.75, 3.05) is 33.2 Å². The molecule has 1 aromatic rings. The van der Waals surface area contributed by atoms with Gasteiger partial charge in [0.1, 0.15) is 5.76 Å². The highest BCUT2D eigenvalue weighted by Gasteiger charge is 2.27. The van der Waals surface area contributed by atoms with Crippen LogP contribution in [0.4, 0.5) is 0 Å². The van der Waals surface area contributed by atoms with Gasteiger partial charge in [0.2, 0.25) is 0 Å². The summed E-state index contributed by atoms with van der Waals surface area (Å²) in [5.74, 6) is 1.86. The van der Waals surface area contributed by atoms with Crippen molar-refractivity contribution in [1.29, 1.82) is 0 Å². The summed E-state index contributed by atoms with van der Waals surface area (Å²) in [6.07, 6.45) is 5.31. The largest absolute Gasteiger partial charge is 0.469 e. The van der Waals surface area contributed by atoms with Crippen LogP contribution in [0.1, 0.15) is 25.5 Å². The number of halogens is 1. The number of rotatable bonds is 8. The quantitative estimate of drug-likeness (QED) is 0.395. The molecule has 1 aliphatic carbocycles. The molecular formula is C15H27IN4O. The molecule has 0 aromatic carbocycles. The molecule has 1 aromatic heterocycles. The Kier molecular flexibility index (Phi) is 8.75. The Labute approximate surface area is 144 Å². The summed E-state index contributed by atoms with van der Waals surface area (Å²) >= 11 is 0. The van der Waals surface area contributed by atoms with E-state index in [0.717, 1.165) is 50.4 Å². The summed E-state index contributed by atoms with van der Waals surface area (Å²) in [5, 5.41) is 6.67. The summed E-state index contributed by atoms with van der Waals surface area (Å²) in [5.41, 5.74) is 0. The van der Waals surface area contributed by atoms with Crippen molar-refractivity contribution in [3.63, 3.8) is 0 Å². The van der Waals surface area contributed by atoms with Crippen LogP contribution in [0.3, 0.4) is 0 Å². The van der Waals surface area contributed by atoms with Crippen LogP contribution in [0.15, 0.2) is 27.8 Å². The Morgan fingerprint density at radius 1 is 1.38 bits per heavy atom. The van der Waals surface area contributed by atoms with Crippen LogP contribution in [-0.2, 0) is 6.42 Å². The molecule has 0 aliphatic heterocycles. The Hall–Kier alpha value is -0.760. The number of hydrogen-bond donors (Lipinski definition) is 2. The molecule has 1 saturated carbocycles. The maximum Gasteiger partial charge on any atom is 0.191 e. The Bertz CT molecular complexity index is 404. The fourth-order valence-corrected chi connectivity index (χ4v) is 2.34. The van der Waals surface area contributed by atoms with Crippen LogP contribution in [0.2, 0.25) is 0 Å². The van der Waals surface area contributed by atoms with Gasteiger partial charge >= 0.3 is 0 Å². The number of aliphatic imine (C=N–C) groups is 1. The minimum absolute atomic E-state index is 0. The van der Waals surface area contributed by atoms with Gasteiger partial charge in [-0.3, -0.25) is 9.89 Å². The molecule has 120 valence electrons. The van der Waals surface area contributed by atoms with E-state index >= 15 is 0 Å². The van der Waals surface area contributed by atoms with E-state index in [-0.39, 0.29) is 24.0 Å². The summed E-state index contributed by atoms with van der Waals surface area (Å²) in [6.45, 7) is 6.21. The average Bonchev–Trinajstić information content (AvgIpc) is 3.18. The molecule has 5 nitrogen and oxygen atoms in total. The number of hydrogen-bond acceptors (Lipinski definition) is 3. The molecule has 1 aliphatic rings. The zero-order chi connectivity index (χ0) is 14.2. The third-order valence-electron chi connectivity index (χ3n) is 3.63. The van der Waals surface area contributed by atoms with Gasteiger partial charge in [-0.15, -0.1) is 24.0 Å². The van der Waals surface area contributed by atoms with Crippen LogP contribution in [-0.4, -0.2) is 50.1 Å². The molecule has 2 N–H and O–H groups in total. The van der Waals surface area contributed by atoms with Crippen LogP contribution in [0, 0.1) is 0 Å². The Morgan fingerprint density at radius 3 is 2.71 bits per heavy atom. The lowest BCUT2D eigenvalue weighted by Crippen LogP contribution is -2.42. The lowest BCUT2D eigenvalue weighted by molar-refractivity contribution is 0.282. The summed E-state index contributed by atoms with van der Waals surface area (Å²) in [7, 11) is 1.81. The van der Waals surface area contributed by atoms with Crippen molar-refractivity contribution in [2.45, 2.75) is 32.2 Å². The van der Waals surface area contributed by atoms with Gasteiger partial charge in [-0.1, -0.05) is 6.92 Å². The van der Waals surface area contributed by atoms with E-state index in [9.17, 15) is 0 Å². The molecule has 0 radical (unpaired) electrons. The van der Waals surface area contributed by atoms with Crippen LogP contribution >= 0.6 is 24.0 Å². The maximum absolute atomic E-state index is 5.30. The van der Waals surface area contributed by atoms with Crippen molar-refractivity contribution in [1.82, 2.24) is 15.5 Å². The van der Waals surface area contributed by atoms with Gasteiger partial charge in [0.15, 0.2) is 5.96 Å². The van der Waals surface area contributed by atoms with E-state index in [4.69, 9.17) is 4.42 Å². The predicted molar refractivity (Wildman–Crippen MR) is 97.5 cm³/mol. The topological polar surface area (TPSA) is 52.8 Å². The summed E-state index contributed by atoms with van der Waals surface area (Å²) < 4.78 is 5.30. The minimum Gasteiger partial charge on any atom is -0.469 e. The summed E-state index contributed by atoms with van der Waals surface area (Å²) in [6, 6.07) is 4.74. The molecule has 0 amide bonds. The van der Waals surface area contributed by atoms with Crippen molar-refractivity contribution in [3.05, 3.63) is 24.2 Å². The second-order valence-corrected chi connectivity index (χ2v) is 5.11. The predicted octanol–water partition coefficient (Wildman–Crippen LogP) is 2.09. The number of nitrogens with one attached hydrogen (secondary N) is 2. The van der Waals surface area contributed by atoms with Crippen molar-refractivity contribution in [2.24, 2.45) is 4.99 Å². The van der Waals surface area contributed by atoms with Crippen LogP contribution < -0.4 is 10.6 Å². The fourth-order valence-electron chi connectivity index (χ4n) is 2.34. The lowest BCUT2D eigenvalue weighted by Gasteiger charge is -2.20. The fraction of sp³-hybridized carbons (Fsp3) is 0.667. The number of guanidine groups is 1. The van der Waals surface area contributed by atoms with Crippen molar-refractivity contribution >= 4 is 29.9 Å². The average molecular weight is 406 g/mol. The molecular weight excluding hydrogens is 379 g/mol. The minimum atomic E-state index is 0. The van der Waals surface area contributed by atoms with Gasteiger partial charge in [0.25, 0.3) is 0 Å². The molecule has 6 heteroatoms. The van der Waals surface area contributed by atoms with Crippen molar-refractivity contribution < 1.29 is 4.42 Å². The molecule has 0 atom stereocenters. The second kappa shape index (κ2) is 10.0. The molecule has 1 fully saturated rings. The number of furan rings is 1. The van der Waals surface area contributed by atoms with E-state index < -0.39 is 0 Å². The molecule has 0 bridgehead atoms. The second-order valence-electron chi connectivity index (χ2n) is 5.11. The van der Waals surface area contributed by atoms with E-state index in [0.29, 0.717) is 0 Å². The lowest BCUT2D eigenvalue weighted by atomic mass is 10.3. The molecule has 1 heterocycles. The maximum atomic E-state index is 5.30. The first-order valence-electron chi connectivity index (χ1n) is 7.54. The van der Waals surface area contributed by atoms with E-state index in [1.54, 1.807) is 13.3 Å². The first-order valence-corrected chi connectivity index (χ1v) is 7.54. The van der Waals surface area contributed by atoms with E-state index in [1.807, 2.05) is 12.1 Å². The Morgan fingerprint density at radius 2 is 2.14 bits per heavy atom. The monoisotopic (exact) mass is 406 g/mol. The summed E-state index contributed by atoms with van der Waals surface area (Å²) in [4.78, 5) is 6.77. The third kappa shape index (κ3) is 6.69. The first kappa shape index (κ1) is 18.3. The highest BCUT2D eigenvalue weighted by atomic mass is 127. The van der Waals surface area contributed by atoms with Crippen molar-refractivity contribution in [3.8, 4) is 0 Å². The normalized spacial score (nSPS) is 14.9. The highest BCUT2D eigenvalue weighted by molar-refractivity contribution is 14.0. The Balaban J connectivity index is 0.00000220. The SMILES string of the molecule is CCN(CCNC(=NC)NCCc1ccco1)C1CC1.I. The van der Waals surface area contributed by atoms with Gasteiger partial charge in [-0.25, -0.2) is 0 Å². The molecule has 21 heavy (non-hydrogen) atoms. The van der Waals surface area contributed by atoms with Crippen LogP contribution in [0.25, 0.3) is 0 Å². The zero-order valence-electron chi connectivity index (χ0n) is 13.0. The smallest absolute Gasteiger partial charge is 0.191 e. The third-order valence-corrected chi connectivity index (χ3v) is 3.63. The van der Waals surface area contributed by atoms with Gasteiger partial charge < -0.3 is 15.1 Å². The standard InChI is InChI=1S/C15H26N4O.HI/c1-3-19(13-6-7-13)11-10-18-15(16-2)17-9-8-14-5-4-12-20-14;/h4-5,12-13H,3,6-11H2,1-2H3,(H2,16,17,18);1H. The van der Waals surface area contributed by atoms with Gasteiger partial charge in [-0.2, -0.15) is 0 Å². The van der Waals surface area contributed by atoms with Gasteiger partial charge in [0, 0.05) is 39.1 Å². The highest BCUT2D eigenvalue weighted by Crippen LogP contribution is 2.25. The first-order chi connectivity index (χ1) is 9.83. The number of nitrogens with zero attached hydrogens (tertiary/aromatic N) is 2. The molecule has 0 unspecified atom stereocenters. The van der Waals surface area contributed by atoms with Crippen LogP contribution in [0.5, 0.6) is 0 Å². The van der Waals surface area contributed by atoms with Gasteiger partial charge in [0.05, 0.1) is 6.26 Å².